The van der Waals surface area contributed by atoms with Gasteiger partial charge >= 0.3 is 23.9 Å². The average Bonchev–Trinajstić information content (AvgIpc) is 1.46. The van der Waals surface area contributed by atoms with Crippen molar-refractivity contribution in [2.45, 2.75) is 254 Å². The van der Waals surface area contributed by atoms with Crippen LogP contribution < -0.4 is 26.6 Å². The van der Waals surface area contributed by atoms with Gasteiger partial charge < -0.3 is 94.7 Å². The summed E-state index contributed by atoms with van der Waals surface area (Å²) in [6.07, 6.45) is 5.53. The molecule has 9 N–H and O–H groups in total. The second kappa shape index (κ2) is 62.2. The highest BCUT2D eigenvalue weighted by atomic mass is 32.1. The number of nitrogens with zero attached hydrogens (tertiary/aromatic N) is 6. The Hall–Kier alpha value is -10.3. The van der Waals surface area contributed by atoms with E-state index in [1.807, 2.05) is 69.5 Å². The summed E-state index contributed by atoms with van der Waals surface area (Å²) >= 11 is 2.20. The SMILES string of the molecule is CC[C@H](C)[C@H](CC(=O)[C@H]1CCCCN1C)C(=O)N(C)[C@H](C[C@@H](OC(C)=O)c1nc(C(=O)N[C@@H](Cc2ccc(O)c(CC(=O)CCOCCOCCOCCNC(=O)C#CC(=O)NCCOCCOCCOCCC(=O)Nc3cc(C[C@@H](CC(C)C(=O)O)NC(=O)c4csc([C@@H](C[C@H](C(C)C)N(C)C(=O)[C@@H](CC(=O)[C@H]5CCCCN5C)[C@@H](C)CC)OC(C)=O)n4)ccc3O)c2)CC(C)C(=O)O)cs1)C(C)C. The highest BCUT2D eigenvalue weighted by Gasteiger charge is 2.41. The molecule has 4 heterocycles. The Morgan fingerprint density at radius 1 is 0.507 bits per heavy atom. The van der Waals surface area contributed by atoms with Gasteiger partial charge in [-0.05, 0) is 132 Å². The van der Waals surface area contributed by atoms with Crippen molar-refractivity contribution >= 4 is 111 Å². The van der Waals surface area contributed by atoms with E-state index in [4.69, 9.17) is 37.9 Å². The first-order valence-electron chi connectivity index (χ1n) is 48.9. The smallest absolute Gasteiger partial charge is 0.306 e. The third-order valence-electron chi connectivity index (χ3n) is 25.7. The van der Waals surface area contributed by atoms with Crippen LogP contribution in [0.15, 0.2) is 47.2 Å². The van der Waals surface area contributed by atoms with Gasteiger partial charge in [-0.3, -0.25) is 76.9 Å². The van der Waals surface area contributed by atoms with Gasteiger partial charge in [0.25, 0.3) is 23.6 Å². The van der Waals surface area contributed by atoms with Crippen LogP contribution in [0.25, 0.3) is 0 Å². The summed E-state index contributed by atoms with van der Waals surface area (Å²) in [5.74, 6) is -6.15. The summed E-state index contributed by atoms with van der Waals surface area (Å²) in [7, 11) is 7.33. The standard InChI is InChI=1S/C101H151N11O26S2/c1-17-64(7)76(56-87(118)81-23-19-21-35-109(81)13)98(125)111(15)83(62(3)4)58-89(137-68(11)113)96-107-79(60-139-96)94(123)104-73(49-66(9)100(127)128)52-70-25-27-85(116)72(51-70)55-75(115)31-37-131-41-45-135-47-43-133-39-33-102-91(120)29-30-92(121)103-34-40-134-44-48-136-46-42-132-38-32-93(122)106-78-54-71(26-28-86(78)117)53-74(50-67(10)101(129)130)105-95(124)80-61-140-97(108-80)90(138-69(12)114)59-84(63(5)6)112(16)99(126)77(65(8)18-2)57-88(119)82-24-20-22-36-110(82)14/h25-28,51,54,60-67,73-74,76-77,81-84,89-90,116-117H,17-24,31-50,52-53,55-59H2,1-16H3,(H,102,120)(H,103,121)(H,104,123)(H,105,124)(H,106,122)(H,127,128)(H,129,130)/t64-,65-,66?,67?,73+,74+,76-,77-,81+,82+,83+,84+,89+,90+/m0/s1. The zero-order valence-corrected chi connectivity index (χ0v) is 86.0. The number of carboxylic acid groups (broad SMARTS) is 2. The third kappa shape index (κ3) is 41.3. The molecule has 2 aliphatic rings. The maximum absolute atomic E-state index is 14.5. The summed E-state index contributed by atoms with van der Waals surface area (Å²) in [4.78, 5) is 202. The number of rotatable bonds is 65. The molecule has 2 unspecified atom stereocenters. The van der Waals surface area contributed by atoms with E-state index in [0.29, 0.717) is 39.5 Å². The van der Waals surface area contributed by atoms with E-state index in [1.54, 1.807) is 42.1 Å². The molecule has 778 valence electrons. The van der Waals surface area contributed by atoms with Gasteiger partial charge in [0.15, 0.2) is 23.8 Å². The van der Waals surface area contributed by atoms with E-state index in [2.05, 4.69) is 58.2 Å². The number of carbonyl (C=O) groups is 14. The molecule has 2 aromatic heterocycles. The number of esters is 2. The van der Waals surface area contributed by atoms with E-state index >= 15 is 0 Å². The fraction of sp³-hybridized carbons (Fsp3) is 0.663. The lowest BCUT2D eigenvalue weighted by atomic mass is 9.83. The highest BCUT2D eigenvalue weighted by molar-refractivity contribution is 7.10. The average molecular weight is 2000 g/mol. The van der Waals surface area contributed by atoms with E-state index in [-0.39, 0.29) is 256 Å². The van der Waals surface area contributed by atoms with Crippen LogP contribution in [-0.2, 0) is 115 Å². The van der Waals surface area contributed by atoms with Crippen molar-refractivity contribution in [1.82, 2.24) is 50.8 Å². The van der Waals surface area contributed by atoms with Crippen LogP contribution in [0.1, 0.15) is 246 Å². The Labute approximate surface area is 831 Å². The van der Waals surface area contributed by atoms with Crippen LogP contribution in [0.3, 0.4) is 0 Å². The topological polar surface area (TPSA) is 493 Å². The number of likely N-dealkylation sites (tertiary alicyclic amines) is 2. The molecule has 2 saturated heterocycles. The fourth-order valence-electron chi connectivity index (χ4n) is 17.1. The minimum absolute atomic E-state index is 0.00174. The summed E-state index contributed by atoms with van der Waals surface area (Å²) in [5.41, 5.74) is 1.56. The van der Waals surface area contributed by atoms with Crippen molar-refractivity contribution < 1.29 is 125 Å². The van der Waals surface area contributed by atoms with Gasteiger partial charge in [0.05, 0.1) is 115 Å². The molecule has 0 bridgehead atoms. The maximum atomic E-state index is 14.5. The number of ketones is 3. The lowest BCUT2D eigenvalue weighted by Crippen LogP contribution is -2.48. The van der Waals surface area contributed by atoms with Gasteiger partial charge in [0.2, 0.25) is 17.7 Å². The van der Waals surface area contributed by atoms with Crippen LogP contribution in [-0.4, -0.2) is 302 Å². The van der Waals surface area contributed by atoms with Gasteiger partial charge in [0, 0.05) is 144 Å². The normalized spacial score (nSPS) is 16.6. The number of likely N-dealkylation sites (N-methyl/N-ethyl adjacent to an activating group) is 2. The largest absolute Gasteiger partial charge is 0.508 e. The number of Topliss-reactive ketones (excluding diaryl/α,β-unsaturated/α-hetero) is 3. The predicted molar refractivity (Wildman–Crippen MR) is 525 cm³/mol. The van der Waals surface area contributed by atoms with Crippen molar-refractivity contribution in [3.05, 3.63) is 85.3 Å². The van der Waals surface area contributed by atoms with E-state index in [1.165, 1.54) is 56.7 Å². The number of carbonyl (C=O) groups excluding carboxylic acids is 12. The van der Waals surface area contributed by atoms with Gasteiger partial charge in [-0.15, -0.1) is 22.7 Å². The van der Waals surface area contributed by atoms with Gasteiger partial charge in [0.1, 0.15) is 38.7 Å². The molecule has 0 saturated carbocycles. The molecule has 140 heavy (non-hydrogen) atoms. The Balaban J connectivity index is 0.811. The summed E-state index contributed by atoms with van der Waals surface area (Å²) < 4.78 is 45.0. The number of aromatic hydroxyl groups is 2. The van der Waals surface area contributed by atoms with Gasteiger partial charge in [-0.1, -0.05) is 113 Å². The van der Waals surface area contributed by atoms with E-state index in [0.717, 1.165) is 74.3 Å². The first-order valence-corrected chi connectivity index (χ1v) is 50.7. The molecule has 14 atom stereocenters. The van der Waals surface area contributed by atoms with Crippen LogP contribution >= 0.6 is 22.7 Å². The lowest BCUT2D eigenvalue weighted by Gasteiger charge is -2.37. The number of piperidine rings is 2. The Morgan fingerprint density at radius 3 is 1.28 bits per heavy atom. The number of carboxylic acids is 2. The van der Waals surface area contributed by atoms with Crippen molar-refractivity contribution in [1.29, 1.82) is 0 Å². The number of anilines is 1. The first-order chi connectivity index (χ1) is 66.6. The van der Waals surface area contributed by atoms with Crippen LogP contribution in [0.5, 0.6) is 11.5 Å². The molecular formula is C101H151N11O26S2. The molecule has 0 radical (unpaired) electrons. The number of benzene rings is 2. The monoisotopic (exact) mass is 2000 g/mol. The quantitative estimate of drug-likeness (QED) is 0.00858. The lowest BCUT2D eigenvalue weighted by molar-refractivity contribution is -0.150. The zero-order chi connectivity index (χ0) is 103. The van der Waals surface area contributed by atoms with Crippen molar-refractivity contribution in [2.75, 3.05) is 139 Å². The summed E-state index contributed by atoms with van der Waals surface area (Å²) in [6.45, 7) is 25.0. The molecule has 2 aliphatic heterocycles. The number of amides is 7. The molecule has 6 rings (SSSR count). The van der Waals surface area contributed by atoms with Crippen molar-refractivity contribution in [3.63, 3.8) is 0 Å². The number of hydrogen-bond acceptors (Lipinski definition) is 30. The number of aliphatic carboxylic acids is 2. The number of nitrogens with one attached hydrogen (secondary N) is 5. The fourth-order valence-corrected chi connectivity index (χ4v) is 18.8. The molecular weight excluding hydrogens is 1850 g/mol. The van der Waals surface area contributed by atoms with Crippen LogP contribution in [0.4, 0.5) is 5.69 Å². The number of phenols is 2. The molecule has 2 fully saturated rings. The Morgan fingerprint density at radius 2 is 0.893 bits per heavy atom. The zero-order valence-electron chi connectivity index (χ0n) is 84.4. The highest BCUT2D eigenvalue weighted by Crippen LogP contribution is 2.37. The third-order valence-corrected chi connectivity index (χ3v) is 27.6. The predicted octanol–water partition coefficient (Wildman–Crippen LogP) is 9.95. The second-order valence-electron chi connectivity index (χ2n) is 37.4. The van der Waals surface area contributed by atoms with E-state index < -0.39 is 113 Å². The molecule has 37 nitrogen and oxygen atoms in total. The number of hydrogen-bond donors (Lipinski definition) is 9. The van der Waals surface area contributed by atoms with Crippen LogP contribution in [0.2, 0.25) is 0 Å². The van der Waals surface area contributed by atoms with Gasteiger partial charge in [-0.2, -0.15) is 0 Å². The number of aromatic nitrogens is 2. The number of ether oxygens (including phenoxy) is 8. The Kier molecular flexibility index (Phi) is 52.6. The molecule has 2 aromatic carbocycles. The molecule has 0 spiro atoms. The molecule has 7 amide bonds. The second-order valence-corrected chi connectivity index (χ2v) is 39.1. The minimum Gasteiger partial charge on any atom is -0.508 e. The summed E-state index contributed by atoms with van der Waals surface area (Å²) in [6, 6.07) is 6.27. The summed E-state index contributed by atoms with van der Waals surface area (Å²) in [5, 5.41) is 58.7. The number of thiazole rings is 2. The van der Waals surface area contributed by atoms with E-state index in [9.17, 15) is 87.5 Å². The van der Waals surface area contributed by atoms with Crippen LogP contribution in [0, 0.1) is 59.2 Å². The van der Waals surface area contributed by atoms with Crippen molar-refractivity contribution in [2.24, 2.45) is 47.3 Å². The number of phenolic OH excluding ortho intramolecular Hbond substituents is 2. The molecule has 0 aliphatic carbocycles. The molecule has 4 aromatic rings. The maximum Gasteiger partial charge on any atom is 0.306 e. The first kappa shape index (κ1) is 118. The van der Waals surface area contributed by atoms with Crippen molar-refractivity contribution in [3.8, 4) is 23.3 Å². The Bertz CT molecular complexity index is 4460. The minimum atomic E-state index is -1.09. The molecule has 39 heteroatoms. The van der Waals surface area contributed by atoms with Gasteiger partial charge in [-0.25, -0.2) is 9.97 Å².